The number of hydrogen-bond donors (Lipinski definition) is 1. The number of carbonyl (C=O) groups is 2. The Morgan fingerprint density at radius 1 is 1.02 bits per heavy atom. The molecule has 1 aliphatic rings. The van der Waals surface area contributed by atoms with Gasteiger partial charge in [0.1, 0.15) is 11.5 Å². The highest BCUT2D eigenvalue weighted by Gasteiger charge is 2.35. The maximum Gasteiger partial charge on any atom is 0.341 e. The molecule has 3 aromatic carbocycles. The largest absolute Gasteiger partial charge is 0.497 e. The van der Waals surface area contributed by atoms with E-state index in [-0.39, 0.29) is 17.7 Å². The molecule has 9 nitrogen and oxygen atoms in total. The number of ether oxygens (including phenoxy) is 3. The molecule has 0 spiro atoms. The van der Waals surface area contributed by atoms with Crippen molar-refractivity contribution in [3.63, 3.8) is 0 Å². The van der Waals surface area contributed by atoms with Gasteiger partial charge in [-0.15, -0.1) is 0 Å². The summed E-state index contributed by atoms with van der Waals surface area (Å²) in [5.74, 6) is -0.725. The highest BCUT2D eigenvalue weighted by Crippen LogP contribution is 2.36. The summed E-state index contributed by atoms with van der Waals surface area (Å²) in [4.78, 5) is 43.7. The van der Waals surface area contributed by atoms with E-state index in [1.807, 2.05) is 36.4 Å². The number of thiazole rings is 1. The predicted molar refractivity (Wildman–Crippen MR) is 154 cm³/mol. The van der Waals surface area contributed by atoms with Gasteiger partial charge in [-0.1, -0.05) is 65.9 Å². The first-order valence-electron chi connectivity index (χ1n) is 12.8. The number of esters is 1. The third-order valence-corrected chi connectivity index (χ3v) is 7.28. The number of carboxylic acids is 1. The minimum Gasteiger partial charge on any atom is -0.497 e. The van der Waals surface area contributed by atoms with E-state index < -0.39 is 24.6 Å². The van der Waals surface area contributed by atoms with Crippen LogP contribution in [0.1, 0.15) is 29.7 Å². The number of methoxy groups -OCH3 is 1. The van der Waals surface area contributed by atoms with Gasteiger partial charge in [-0.05, 0) is 48.4 Å². The Labute approximate surface area is 238 Å². The van der Waals surface area contributed by atoms with Crippen molar-refractivity contribution >= 4 is 35.0 Å². The molecule has 1 aliphatic heterocycles. The Kier molecular flexibility index (Phi) is 8.11. The van der Waals surface area contributed by atoms with Crippen molar-refractivity contribution in [2.45, 2.75) is 13.0 Å². The van der Waals surface area contributed by atoms with E-state index >= 15 is 0 Å². The molecule has 0 amide bonds. The molecule has 1 atom stereocenters. The lowest BCUT2D eigenvalue weighted by molar-refractivity contribution is -0.140. The van der Waals surface area contributed by atoms with Crippen LogP contribution >= 0.6 is 11.3 Å². The minimum atomic E-state index is -1.09. The van der Waals surface area contributed by atoms with Crippen molar-refractivity contribution in [2.75, 3.05) is 20.3 Å². The third-order valence-electron chi connectivity index (χ3n) is 6.30. The van der Waals surface area contributed by atoms with Gasteiger partial charge < -0.3 is 19.3 Å². The Morgan fingerprint density at radius 2 is 1.78 bits per heavy atom. The Hall–Kier alpha value is -4.96. The van der Waals surface area contributed by atoms with Gasteiger partial charge in [-0.3, -0.25) is 9.36 Å². The van der Waals surface area contributed by atoms with E-state index in [1.165, 1.54) is 15.9 Å². The van der Waals surface area contributed by atoms with Gasteiger partial charge in [0.2, 0.25) is 0 Å². The highest BCUT2D eigenvalue weighted by atomic mass is 32.1. The minimum absolute atomic E-state index is 0.153. The summed E-state index contributed by atoms with van der Waals surface area (Å²) in [6.45, 7) is 1.40. The smallest absolute Gasteiger partial charge is 0.341 e. The third kappa shape index (κ3) is 5.82. The Morgan fingerprint density at radius 3 is 2.51 bits per heavy atom. The highest BCUT2D eigenvalue weighted by molar-refractivity contribution is 7.07. The van der Waals surface area contributed by atoms with Crippen molar-refractivity contribution in [1.82, 2.24) is 4.57 Å². The second-order valence-corrected chi connectivity index (χ2v) is 9.97. The van der Waals surface area contributed by atoms with Gasteiger partial charge in [0.15, 0.2) is 11.4 Å². The zero-order valence-corrected chi connectivity index (χ0v) is 23.1. The van der Waals surface area contributed by atoms with Gasteiger partial charge in [-0.25, -0.2) is 14.6 Å². The normalized spacial score (nSPS) is 14.7. The van der Waals surface area contributed by atoms with E-state index in [9.17, 15) is 14.4 Å². The molecule has 0 aliphatic carbocycles. The molecule has 1 N–H and O–H groups in total. The van der Waals surface area contributed by atoms with Gasteiger partial charge in [0.25, 0.3) is 5.56 Å². The van der Waals surface area contributed by atoms with Crippen LogP contribution in [0.15, 0.2) is 94.2 Å². The molecule has 0 bridgehead atoms. The number of aliphatic carboxylic acids is 1. The van der Waals surface area contributed by atoms with Gasteiger partial charge >= 0.3 is 11.9 Å². The summed E-state index contributed by atoms with van der Waals surface area (Å²) in [6.07, 6.45) is 1.69. The molecular weight excluding hydrogens is 544 g/mol. The predicted octanol–water partition coefficient (Wildman–Crippen LogP) is 3.41. The van der Waals surface area contributed by atoms with Crippen molar-refractivity contribution in [1.29, 1.82) is 0 Å². The van der Waals surface area contributed by atoms with Crippen LogP contribution in [0.2, 0.25) is 0 Å². The number of rotatable bonds is 9. The summed E-state index contributed by atoms with van der Waals surface area (Å²) >= 11 is 1.19. The summed E-state index contributed by atoms with van der Waals surface area (Å²) in [5, 5.41) is 8.93. The van der Waals surface area contributed by atoms with Crippen molar-refractivity contribution < 1.29 is 28.9 Å². The molecule has 10 heteroatoms. The standard InChI is InChI=1S/C31H26N2O7S/c1-3-39-30(37)26-27(20-10-5-4-6-11-20)32-31-33(28(26)21-12-8-13-22(17-21)38-2)29(36)24(41-31)16-19-9-7-14-23(15-19)40-18-25(34)35/h4-17,28H,3,18H2,1-2H3,(H,34,35)/b24-16-. The van der Waals surface area contributed by atoms with E-state index in [0.717, 1.165) is 0 Å². The fourth-order valence-electron chi connectivity index (χ4n) is 4.56. The molecule has 5 rings (SSSR count). The van der Waals surface area contributed by atoms with E-state index in [4.69, 9.17) is 24.3 Å². The zero-order chi connectivity index (χ0) is 28.9. The molecule has 0 saturated carbocycles. The number of carbonyl (C=O) groups excluding carboxylic acids is 1. The van der Waals surface area contributed by atoms with Crippen LogP contribution in [0.3, 0.4) is 0 Å². The van der Waals surface area contributed by atoms with Crippen molar-refractivity contribution in [2.24, 2.45) is 4.99 Å². The van der Waals surface area contributed by atoms with Crippen molar-refractivity contribution in [3.8, 4) is 11.5 Å². The number of nitrogens with zero attached hydrogens (tertiary/aromatic N) is 2. The van der Waals surface area contributed by atoms with Crippen LogP contribution in [0.5, 0.6) is 11.5 Å². The van der Waals surface area contributed by atoms with Crippen LogP contribution in [0, 0.1) is 0 Å². The molecule has 0 fully saturated rings. The molecule has 0 radical (unpaired) electrons. The van der Waals surface area contributed by atoms with Gasteiger partial charge in [0, 0.05) is 5.56 Å². The number of benzene rings is 3. The Balaban J connectivity index is 1.75. The van der Waals surface area contributed by atoms with Crippen molar-refractivity contribution in [3.05, 3.63) is 121 Å². The lowest BCUT2D eigenvalue weighted by Crippen LogP contribution is -2.40. The fraction of sp³-hybridized carbons (Fsp3) is 0.161. The maximum atomic E-state index is 14.0. The topological polar surface area (TPSA) is 116 Å². The summed E-state index contributed by atoms with van der Waals surface area (Å²) < 4.78 is 18.1. The molecule has 41 heavy (non-hydrogen) atoms. The number of aromatic nitrogens is 1. The van der Waals surface area contributed by atoms with Crippen LogP contribution < -0.4 is 24.4 Å². The second-order valence-electron chi connectivity index (χ2n) is 8.96. The van der Waals surface area contributed by atoms with Gasteiger partial charge in [-0.2, -0.15) is 0 Å². The molecule has 0 saturated heterocycles. The molecule has 2 heterocycles. The summed E-state index contributed by atoms with van der Waals surface area (Å²) in [7, 11) is 1.55. The van der Waals surface area contributed by atoms with Crippen LogP contribution in [0.4, 0.5) is 0 Å². The SMILES string of the molecule is CCOC(=O)C1=C(c2ccccc2)N=c2s/c(=C\c3cccc(OCC(=O)O)c3)c(=O)n2C1c1cccc(OC)c1. The zero-order valence-electron chi connectivity index (χ0n) is 22.3. The van der Waals surface area contributed by atoms with E-state index in [2.05, 4.69) is 0 Å². The van der Waals surface area contributed by atoms with Crippen LogP contribution in [0.25, 0.3) is 11.8 Å². The quantitative estimate of drug-likeness (QED) is 0.307. The molecule has 1 unspecified atom stereocenters. The first kappa shape index (κ1) is 27.6. The first-order valence-corrected chi connectivity index (χ1v) is 13.6. The monoisotopic (exact) mass is 570 g/mol. The lowest BCUT2D eigenvalue weighted by Gasteiger charge is -2.26. The number of fused-ring (bicyclic) bond motifs is 1. The van der Waals surface area contributed by atoms with E-state index in [0.29, 0.717) is 43.2 Å². The fourth-order valence-corrected chi connectivity index (χ4v) is 5.56. The molecule has 4 aromatic rings. The van der Waals surface area contributed by atoms with Gasteiger partial charge in [0.05, 0.1) is 35.6 Å². The summed E-state index contributed by atoms with van der Waals surface area (Å²) in [6, 6.07) is 22.5. The molecule has 1 aromatic heterocycles. The average Bonchev–Trinajstić information content (AvgIpc) is 3.30. The Bertz CT molecular complexity index is 1820. The number of hydrogen-bond acceptors (Lipinski definition) is 8. The lowest BCUT2D eigenvalue weighted by atomic mass is 9.93. The molecular formula is C31H26N2O7S. The second kappa shape index (κ2) is 12.1. The van der Waals surface area contributed by atoms with Crippen LogP contribution in [-0.4, -0.2) is 41.9 Å². The van der Waals surface area contributed by atoms with Crippen LogP contribution in [-0.2, 0) is 14.3 Å². The van der Waals surface area contributed by atoms with E-state index in [1.54, 1.807) is 62.6 Å². The first-order chi connectivity index (χ1) is 19.9. The maximum absolute atomic E-state index is 14.0. The molecule has 208 valence electrons. The summed E-state index contributed by atoms with van der Waals surface area (Å²) in [5.41, 5.74) is 2.34. The number of carboxylic acid groups (broad SMARTS) is 1. The average molecular weight is 571 g/mol.